The molecule has 0 aliphatic carbocycles. The third-order valence-electron chi connectivity index (χ3n) is 2.42. The Bertz CT molecular complexity index is 460. The van der Waals surface area contributed by atoms with Crippen molar-refractivity contribution in [3.63, 3.8) is 0 Å². The van der Waals surface area contributed by atoms with Crippen LogP contribution in [0.5, 0.6) is 0 Å². The van der Waals surface area contributed by atoms with Crippen molar-refractivity contribution in [1.29, 1.82) is 0 Å². The van der Waals surface area contributed by atoms with E-state index < -0.39 is 0 Å². The summed E-state index contributed by atoms with van der Waals surface area (Å²) in [5.74, 6) is 0.866. The number of nitrogens with one attached hydrogen (secondary N) is 1. The van der Waals surface area contributed by atoms with Gasteiger partial charge < -0.3 is 11.1 Å². The Morgan fingerprint density at radius 1 is 1.56 bits per heavy atom. The van der Waals surface area contributed by atoms with Crippen LogP contribution in [0.2, 0.25) is 0 Å². The Kier molecular flexibility index (Phi) is 3.09. The van der Waals surface area contributed by atoms with Crippen LogP contribution < -0.4 is 11.1 Å². The summed E-state index contributed by atoms with van der Waals surface area (Å²) in [7, 11) is 1.89. The number of anilines is 2. The molecule has 0 bridgehead atoms. The number of nitrogens with zero attached hydrogens (tertiary/aromatic N) is 3. The van der Waals surface area contributed by atoms with Gasteiger partial charge in [-0.25, -0.2) is 4.98 Å². The second kappa shape index (κ2) is 4.52. The number of hydrogen-bond donors (Lipinski definition) is 2. The topological polar surface area (TPSA) is 68.8 Å². The van der Waals surface area contributed by atoms with Crippen molar-refractivity contribution in [1.82, 2.24) is 14.8 Å². The van der Waals surface area contributed by atoms with Gasteiger partial charge in [0.1, 0.15) is 5.82 Å². The predicted molar refractivity (Wildman–Crippen MR) is 66.4 cm³/mol. The minimum absolute atomic E-state index is 0.677. The standard InChI is InChI=1S/C10H15N5S/c1-3-8-9(11)10(15(2)14-8)12-4-7-5-16-6-13-7/h5-6,12H,3-4,11H2,1-2H3. The second-order valence-corrected chi connectivity index (χ2v) is 4.24. The van der Waals surface area contributed by atoms with Gasteiger partial charge in [-0.15, -0.1) is 11.3 Å². The average Bonchev–Trinajstić information content (AvgIpc) is 2.86. The van der Waals surface area contributed by atoms with Crippen molar-refractivity contribution in [2.75, 3.05) is 11.1 Å². The summed E-state index contributed by atoms with van der Waals surface area (Å²) in [6, 6.07) is 0. The number of thiazole rings is 1. The van der Waals surface area contributed by atoms with E-state index in [1.165, 1.54) is 0 Å². The van der Waals surface area contributed by atoms with E-state index in [1.807, 2.05) is 24.9 Å². The third kappa shape index (κ3) is 2.01. The first-order valence-corrected chi connectivity index (χ1v) is 6.09. The molecule has 0 radical (unpaired) electrons. The van der Waals surface area contributed by atoms with Crippen molar-refractivity contribution in [3.05, 3.63) is 22.3 Å². The maximum absolute atomic E-state index is 5.99. The van der Waals surface area contributed by atoms with Gasteiger partial charge in [-0.1, -0.05) is 6.92 Å². The Hall–Kier alpha value is -1.56. The van der Waals surface area contributed by atoms with Gasteiger partial charge in [-0.2, -0.15) is 5.10 Å². The lowest BCUT2D eigenvalue weighted by Gasteiger charge is -2.05. The lowest BCUT2D eigenvalue weighted by Crippen LogP contribution is -2.06. The molecule has 2 aromatic heterocycles. The van der Waals surface area contributed by atoms with Crippen LogP contribution in [0.25, 0.3) is 0 Å². The summed E-state index contributed by atoms with van der Waals surface area (Å²) in [6.45, 7) is 2.72. The largest absolute Gasteiger partial charge is 0.394 e. The van der Waals surface area contributed by atoms with Crippen LogP contribution in [0.1, 0.15) is 18.3 Å². The molecule has 0 fully saturated rings. The van der Waals surface area contributed by atoms with Gasteiger partial charge in [-0.05, 0) is 6.42 Å². The normalized spacial score (nSPS) is 10.6. The SMILES string of the molecule is CCc1nn(C)c(NCc2cscn2)c1N. The molecule has 0 aliphatic heterocycles. The molecule has 0 atom stereocenters. The van der Waals surface area contributed by atoms with E-state index in [1.54, 1.807) is 16.0 Å². The fourth-order valence-electron chi connectivity index (χ4n) is 1.57. The van der Waals surface area contributed by atoms with Crippen molar-refractivity contribution in [3.8, 4) is 0 Å². The highest BCUT2D eigenvalue weighted by molar-refractivity contribution is 7.07. The first-order valence-electron chi connectivity index (χ1n) is 5.14. The Labute approximate surface area is 98.3 Å². The maximum atomic E-state index is 5.99. The predicted octanol–water partition coefficient (Wildman–Crippen LogP) is 1.63. The van der Waals surface area contributed by atoms with Crippen LogP contribution >= 0.6 is 11.3 Å². The summed E-state index contributed by atoms with van der Waals surface area (Å²) in [5, 5.41) is 9.61. The Balaban J connectivity index is 2.12. The highest BCUT2D eigenvalue weighted by Gasteiger charge is 2.11. The van der Waals surface area contributed by atoms with E-state index in [4.69, 9.17) is 5.73 Å². The number of nitrogens with two attached hydrogens (primary N) is 1. The minimum atomic E-state index is 0.677. The Morgan fingerprint density at radius 2 is 2.38 bits per heavy atom. The van der Waals surface area contributed by atoms with E-state index in [0.717, 1.165) is 29.3 Å². The highest BCUT2D eigenvalue weighted by Crippen LogP contribution is 2.22. The quantitative estimate of drug-likeness (QED) is 0.848. The molecule has 2 aromatic rings. The van der Waals surface area contributed by atoms with Crippen molar-refractivity contribution in [2.45, 2.75) is 19.9 Å². The molecule has 0 saturated carbocycles. The molecule has 2 heterocycles. The average molecular weight is 237 g/mol. The van der Waals surface area contributed by atoms with E-state index >= 15 is 0 Å². The summed E-state index contributed by atoms with van der Waals surface area (Å²) in [4.78, 5) is 4.20. The Morgan fingerprint density at radius 3 is 2.94 bits per heavy atom. The summed E-state index contributed by atoms with van der Waals surface area (Å²) in [5.41, 5.74) is 10.5. The van der Waals surface area contributed by atoms with E-state index in [2.05, 4.69) is 15.4 Å². The molecule has 5 nitrogen and oxygen atoms in total. The second-order valence-electron chi connectivity index (χ2n) is 3.52. The number of hydrogen-bond acceptors (Lipinski definition) is 5. The summed E-state index contributed by atoms with van der Waals surface area (Å²) >= 11 is 1.59. The van der Waals surface area contributed by atoms with Gasteiger partial charge in [0.05, 0.1) is 29.1 Å². The molecule has 0 saturated heterocycles. The molecule has 3 N–H and O–H groups in total. The monoisotopic (exact) mass is 237 g/mol. The molecule has 0 amide bonds. The van der Waals surface area contributed by atoms with Crippen molar-refractivity contribution in [2.24, 2.45) is 7.05 Å². The van der Waals surface area contributed by atoms with Crippen LogP contribution in [0.3, 0.4) is 0 Å². The molecule has 0 spiro atoms. The van der Waals surface area contributed by atoms with Crippen LogP contribution in [0.4, 0.5) is 11.5 Å². The van der Waals surface area contributed by atoms with Crippen LogP contribution in [-0.2, 0) is 20.0 Å². The minimum Gasteiger partial charge on any atom is -0.394 e. The fourth-order valence-corrected chi connectivity index (χ4v) is 2.12. The molecule has 16 heavy (non-hydrogen) atoms. The van der Waals surface area contributed by atoms with Gasteiger partial charge in [-0.3, -0.25) is 4.68 Å². The maximum Gasteiger partial charge on any atom is 0.148 e. The van der Waals surface area contributed by atoms with Gasteiger partial charge in [0.25, 0.3) is 0 Å². The summed E-state index contributed by atoms with van der Waals surface area (Å²) < 4.78 is 1.78. The van der Waals surface area contributed by atoms with Crippen molar-refractivity contribution < 1.29 is 0 Å². The number of aryl methyl sites for hydroxylation is 2. The van der Waals surface area contributed by atoms with Gasteiger partial charge in [0.2, 0.25) is 0 Å². The molecule has 2 rings (SSSR count). The van der Waals surface area contributed by atoms with Gasteiger partial charge >= 0.3 is 0 Å². The molecule has 86 valence electrons. The zero-order valence-corrected chi connectivity index (χ0v) is 10.2. The first kappa shape index (κ1) is 10.9. The number of aromatic nitrogens is 3. The lowest BCUT2D eigenvalue weighted by atomic mass is 10.3. The molecule has 0 aliphatic rings. The zero-order chi connectivity index (χ0) is 11.5. The van der Waals surface area contributed by atoms with E-state index in [-0.39, 0.29) is 0 Å². The van der Waals surface area contributed by atoms with Crippen LogP contribution in [-0.4, -0.2) is 14.8 Å². The summed E-state index contributed by atoms with van der Waals surface area (Å²) in [6.07, 6.45) is 0.845. The van der Waals surface area contributed by atoms with Crippen LogP contribution in [0, 0.1) is 0 Å². The molecule has 0 aromatic carbocycles. The molecular weight excluding hydrogens is 222 g/mol. The molecule has 0 unspecified atom stereocenters. The van der Waals surface area contributed by atoms with E-state index in [0.29, 0.717) is 6.54 Å². The molecule has 6 heteroatoms. The first-order chi connectivity index (χ1) is 7.72. The zero-order valence-electron chi connectivity index (χ0n) is 9.40. The fraction of sp³-hybridized carbons (Fsp3) is 0.400. The van der Waals surface area contributed by atoms with Gasteiger partial charge in [0, 0.05) is 12.4 Å². The molecular formula is C10H15N5S. The smallest absolute Gasteiger partial charge is 0.148 e. The lowest BCUT2D eigenvalue weighted by molar-refractivity contribution is 0.747. The van der Waals surface area contributed by atoms with E-state index in [9.17, 15) is 0 Å². The number of nitrogen functional groups attached to an aromatic ring is 1. The number of rotatable bonds is 4. The highest BCUT2D eigenvalue weighted by atomic mass is 32.1. The third-order valence-corrected chi connectivity index (χ3v) is 3.05. The van der Waals surface area contributed by atoms with Gasteiger partial charge in [0.15, 0.2) is 0 Å². The van der Waals surface area contributed by atoms with Crippen LogP contribution in [0.15, 0.2) is 10.9 Å². The van der Waals surface area contributed by atoms with Crippen molar-refractivity contribution >= 4 is 22.8 Å².